The van der Waals surface area contributed by atoms with Crippen molar-refractivity contribution in [3.05, 3.63) is 65.2 Å². The first-order valence-electron chi connectivity index (χ1n) is 6.65. The fraction of sp³-hybridized carbons (Fsp3) is 0.188. The molecule has 6 heteroatoms. The van der Waals surface area contributed by atoms with Crippen LogP contribution in [0.3, 0.4) is 0 Å². The Kier molecular flexibility index (Phi) is 5.06. The Labute approximate surface area is 126 Å². The number of benzene rings is 2. The van der Waals surface area contributed by atoms with Crippen molar-refractivity contribution in [2.24, 2.45) is 11.5 Å². The van der Waals surface area contributed by atoms with Crippen molar-refractivity contribution < 1.29 is 18.3 Å². The maximum Gasteiger partial charge on any atom is 0.219 e. The summed E-state index contributed by atoms with van der Waals surface area (Å²) in [6.07, 6.45) is 0.0583. The standard InChI is InChI=1S/C16H16F2N2O2/c17-12-5-10(6-13(18)7-12)9-22-14-3-1-11(2-4-14)15(19)8-16(20)21/h1-7,15H,8-9,19H2,(H2,20,21). The lowest BCUT2D eigenvalue weighted by atomic mass is 10.0. The molecule has 0 aliphatic heterocycles. The lowest BCUT2D eigenvalue weighted by Crippen LogP contribution is -2.20. The number of hydrogen-bond acceptors (Lipinski definition) is 3. The molecule has 22 heavy (non-hydrogen) atoms. The molecule has 0 saturated carbocycles. The lowest BCUT2D eigenvalue weighted by molar-refractivity contribution is -0.118. The van der Waals surface area contributed by atoms with E-state index in [1.165, 1.54) is 12.1 Å². The van der Waals surface area contributed by atoms with Gasteiger partial charge in [-0.15, -0.1) is 0 Å². The third-order valence-electron chi connectivity index (χ3n) is 3.06. The minimum absolute atomic E-state index is 0.0430. The van der Waals surface area contributed by atoms with Crippen molar-refractivity contribution in [1.82, 2.24) is 0 Å². The van der Waals surface area contributed by atoms with E-state index in [0.717, 1.165) is 11.6 Å². The summed E-state index contributed by atoms with van der Waals surface area (Å²) in [5.41, 5.74) is 12.1. The molecule has 4 nitrogen and oxygen atoms in total. The number of amides is 1. The summed E-state index contributed by atoms with van der Waals surface area (Å²) in [5, 5.41) is 0. The van der Waals surface area contributed by atoms with Crippen LogP contribution in [0.15, 0.2) is 42.5 Å². The summed E-state index contributed by atoms with van der Waals surface area (Å²) < 4.78 is 31.6. The van der Waals surface area contributed by atoms with E-state index in [9.17, 15) is 13.6 Å². The molecule has 1 atom stereocenters. The second-order valence-electron chi connectivity index (χ2n) is 4.91. The van der Waals surface area contributed by atoms with Gasteiger partial charge in [0.05, 0.1) is 0 Å². The molecular weight excluding hydrogens is 290 g/mol. The summed E-state index contributed by atoms with van der Waals surface area (Å²) in [5.74, 6) is -1.24. The highest BCUT2D eigenvalue weighted by Gasteiger charge is 2.09. The minimum atomic E-state index is -0.647. The van der Waals surface area contributed by atoms with Crippen molar-refractivity contribution in [3.63, 3.8) is 0 Å². The van der Waals surface area contributed by atoms with E-state index in [2.05, 4.69) is 0 Å². The van der Waals surface area contributed by atoms with Gasteiger partial charge >= 0.3 is 0 Å². The molecule has 0 spiro atoms. The Morgan fingerprint density at radius 2 is 1.68 bits per heavy atom. The van der Waals surface area contributed by atoms with E-state index in [1.807, 2.05) is 0 Å². The van der Waals surface area contributed by atoms with Crippen LogP contribution in [0.4, 0.5) is 8.78 Å². The van der Waals surface area contributed by atoms with Gasteiger partial charge in [-0.2, -0.15) is 0 Å². The second-order valence-corrected chi connectivity index (χ2v) is 4.91. The Balaban J connectivity index is 1.98. The highest BCUT2D eigenvalue weighted by Crippen LogP contribution is 2.19. The van der Waals surface area contributed by atoms with Crippen LogP contribution in [0.2, 0.25) is 0 Å². The van der Waals surface area contributed by atoms with Crippen molar-refractivity contribution >= 4 is 5.91 Å². The van der Waals surface area contributed by atoms with E-state index < -0.39 is 23.6 Å². The fourth-order valence-electron chi connectivity index (χ4n) is 2.01. The summed E-state index contributed by atoms with van der Waals surface area (Å²) >= 11 is 0. The highest BCUT2D eigenvalue weighted by atomic mass is 19.1. The zero-order valence-electron chi connectivity index (χ0n) is 11.8. The molecular formula is C16H16F2N2O2. The molecule has 0 fully saturated rings. The molecule has 0 radical (unpaired) electrons. The molecule has 0 heterocycles. The van der Waals surface area contributed by atoms with Gasteiger partial charge in [-0.25, -0.2) is 8.78 Å². The van der Waals surface area contributed by atoms with Crippen molar-refractivity contribution in [2.45, 2.75) is 19.1 Å². The Morgan fingerprint density at radius 1 is 1.09 bits per heavy atom. The van der Waals surface area contributed by atoms with Crippen molar-refractivity contribution in [2.75, 3.05) is 0 Å². The molecule has 0 saturated heterocycles. The van der Waals surface area contributed by atoms with Gasteiger partial charge < -0.3 is 16.2 Å². The minimum Gasteiger partial charge on any atom is -0.489 e. The molecule has 0 aliphatic rings. The molecule has 116 valence electrons. The van der Waals surface area contributed by atoms with Crippen molar-refractivity contribution in [1.29, 1.82) is 0 Å². The van der Waals surface area contributed by atoms with Gasteiger partial charge in [-0.05, 0) is 35.4 Å². The Bertz CT molecular complexity index is 639. The number of carbonyl (C=O) groups excluding carboxylic acids is 1. The molecule has 1 amide bonds. The van der Waals surface area contributed by atoms with E-state index in [0.29, 0.717) is 11.3 Å². The first-order chi connectivity index (χ1) is 10.4. The lowest BCUT2D eigenvalue weighted by Gasteiger charge is -2.11. The average molecular weight is 306 g/mol. The summed E-state index contributed by atoms with van der Waals surface area (Å²) in [7, 11) is 0. The van der Waals surface area contributed by atoms with Crippen molar-refractivity contribution in [3.8, 4) is 5.75 Å². The topological polar surface area (TPSA) is 78.3 Å². The quantitative estimate of drug-likeness (QED) is 0.860. The van der Waals surface area contributed by atoms with E-state index in [-0.39, 0.29) is 13.0 Å². The first kappa shape index (κ1) is 15.9. The second kappa shape index (κ2) is 7.00. The largest absolute Gasteiger partial charge is 0.489 e. The van der Waals surface area contributed by atoms with Crippen LogP contribution in [-0.2, 0) is 11.4 Å². The predicted molar refractivity (Wildman–Crippen MR) is 77.9 cm³/mol. The van der Waals surface area contributed by atoms with Gasteiger partial charge in [0.2, 0.25) is 5.91 Å². The molecule has 1 unspecified atom stereocenters. The number of primary amides is 1. The van der Waals surface area contributed by atoms with Crippen LogP contribution >= 0.6 is 0 Å². The van der Waals surface area contributed by atoms with E-state index >= 15 is 0 Å². The first-order valence-corrected chi connectivity index (χ1v) is 6.65. The highest BCUT2D eigenvalue weighted by molar-refractivity contribution is 5.74. The maximum absolute atomic E-state index is 13.1. The van der Waals surface area contributed by atoms with Gasteiger partial charge in [0, 0.05) is 18.5 Å². The third kappa shape index (κ3) is 4.53. The maximum atomic E-state index is 13.1. The van der Waals surface area contributed by atoms with Crippen LogP contribution in [0.5, 0.6) is 5.75 Å². The smallest absolute Gasteiger partial charge is 0.219 e. The van der Waals surface area contributed by atoms with Gasteiger partial charge in [0.25, 0.3) is 0 Å². The number of hydrogen-bond donors (Lipinski definition) is 2. The molecule has 0 bridgehead atoms. The van der Waals surface area contributed by atoms with Crippen LogP contribution in [0.1, 0.15) is 23.6 Å². The molecule has 0 aromatic heterocycles. The molecule has 2 aromatic rings. The third-order valence-corrected chi connectivity index (χ3v) is 3.06. The number of halogens is 2. The summed E-state index contributed by atoms with van der Waals surface area (Å²) in [6.45, 7) is 0.0430. The molecule has 4 N–H and O–H groups in total. The van der Waals surface area contributed by atoms with Gasteiger partial charge in [-0.3, -0.25) is 4.79 Å². The summed E-state index contributed by atoms with van der Waals surface area (Å²) in [4.78, 5) is 10.8. The number of carbonyl (C=O) groups is 1. The average Bonchev–Trinajstić information content (AvgIpc) is 2.44. The zero-order valence-corrected chi connectivity index (χ0v) is 11.8. The molecule has 2 rings (SSSR count). The monoisotopic (exact) mass is 306 g/mol. The van der Waals surface area contributed by atoms with Crippen LogP contribution in [-0.4, -0.2) is 5.91 Å². The van der Waals surface area contributed by atoms with Crippen LogP contribution < -0.4 is 16.2 Å². The normalized spacial score (nSPS) is 12.0. The Hall–Kier alpha value is -2.47. The van der Waals surface area contributed by atoms with Crippen LogP contribution in [0.25, 0.3) is 0 Å². The van der Waals surface area contributed by atoms with E-state index in [1.54, 1.807) is 24.3 Å². The van der Waals surface area contributed by atoms with Gasteiger partial charge in [-0.1, -0.05) is 12.1 Å². The number of nitrogens with two attached hydrogens (primary N) is 2. The van der Waals surface area contributed by atoms with Crippen LogP contribution in [0, 0.1) is 11.6 Å². The SMILES string of the molecule is NC(=O)CC(N)c1ccc(OCc2cc(F)cc(F)c2)cc1. The predicted octanol–water partition coefficient (Wildman–Crippen LogP) is 2.42. The van der Waals surface area contributed by atoms with Gasteiger partial charge in [0.15, 0.2) is 0 Å². The fourth-order valence-corrected chi connectivity index (χ4v) is 2.01. The summed E-state index contributed by atoms with van der Waals surface area (Å²) in [6, 6.07) is 9.53. The number of ether oxygens (including phenoxy) is 1. The zero-order chi connectivity index (χ0) is 16.1. The number of rotatable bonds is 6. The van der Waals surface area contributed by atoms with E-state index in [4.69, 9.17) is 16.2 Å². The Morgan fingerprint density at radius 3 is 2.23 bits per heavy atom. The van der Waals surface area contributed by atoms with Gasteiger partial charge in [0.1, 0.15) is 24.0 Å². The molecule has 0 aliphatic carbocycles. The molecule has 2 aromatic carbocycles.